The fourth-order valence-electron chi connectivity index (χ4n) is 4.18. The molecule has 5 atom stereocenters. The summed E-state index contributed by atoms with van der Waals surface area (Å²) < 4.78 is 11.3. The molecule has 3 heteroatoms. The standard InChI is InChI=1S/C13H20O3/c1-8-3-11-9-4-10(16-12(11)14)7-13(5-8,6-9)15-2/h8-11H,3-7H2,1-2H3/t8?,9?,10?,11?,13-/m1/s1. The van der Waals surface area contributed by atoms with Crippen LogP contribution < -0.4 is 0 Å². The van der Waals surface area contributed by atoms with E-state index >= 15 is 0 Å². The zero-order valence-corrected chi connectivity index (χ0v) is 10.1. The van der Waals surface area contributed by atoms with Crippen LogP contribution in [0, 0.1) is 17.8 Å². The third kappa shape index (κ3) is 1.48. The Kier molecular flexibility index (Phi) is 2.29. The number of fused-ring (bicyclic) bond motifs is 2. The van der Waals surface area contributed by atoms with E-state index in [1.807, 2.05) is 7.11 Å². The van der Waals surface area contributed by atoms with Crippen LogP contribution >= 0.6 is 0 Å². The Bertz CT molecular complexity index is 314. The lowest BCUT2D eigenvalue weighted by atomic mass is 9.71. The molecule has 3 nitrogen and oxygen atoms in total. The van der Waals surface area contributed by atoms with Crippen LogP contribution in [0.2, 0.25) is 0 Å². The third-order valence-corrected chi connectivity index (χ3v) is 4.76. The van der Waals surface area contributed by atoms with Gasteiger partial charge in [-0.15, -0.1) is 0 Å². The molecule has 1 saturated heterocycles. The van der Waals surface area contributed by atoms with Crippen molar-refractivity contribution in [3.05, 3.63) is 0 Å². The largest absolute Gasteiger partial charge is 0.462 e. The molecule has 3 aliphatic rings. The van der Waals surface area contributed by atoms with Crippen molar-refractivity contribution in [3.8, 4) is 0 Å². The molecule has 0 spiro atoms. The molecule has 3 rings (SSSR count). The summed E-state index contributed by atoms with van der Waals surface area (Å²) in [5.41, 5.74) is -0.0115. The van der Waals surface area contributed by atoms with Crippen LogP contribution in [0.15, 0.2) is 0 Å². The average Bonchev–Trinajstić information content (AvgIpc) is 2.30. The van der Waals surface area contributed by atoms with Gasteiger partial charge in [-0.25, -0.2) is 0 Å². The average molecular weight is 224 g/mol. The van der Waals surface area contributed by atoms with Crippen LogP contribution in [0.1, 0.15) is 39.0 Å². The van der Waals surface area contributed by atoms with Crippen molar-refractivity contribution in [2.24, 2.45) is 17.8 Å². The number of esters is 1. The number of hydrogen-bond donors (Lipinski definition) is 0. The Hall–Kier alpha value is -0.570. The van der Waals surface area contributed by atoms with E-state index in [9.17, 15) is 4.79 Å². The van der Waals surface area contributed by atoms with E-state index in [1.165, 1.54) is 0 Å². The fourth-order valence-corrected chi connectivity index (χ4v) is 4.18. The van der Waals surface area contributed by atoms with Gasteiger partial charge in [-0.3, -0.25) is 4.79 Å². The molecule has 2 aliphatic carbocycles. The smallest absolute Gasteiger partial charge is 0.309 e. The van der Waals surface area contributed by atoms with Gasteiger partial charge in [0.05, 0.1) is 11.5 Å². The minimum Gasteiger partial charge on any atom is -0.462 e. The number of rotatable bonds is 1. The van der Waals surface area contributed by atoms with Gasteiger partial charge >= 0.3 is 5.97 Å². The Morgan fingerprint density at radius 1 is 1.31 bits per heavy atom. The summed E-state index contributed by atoms with van der Waals surface area (Å²) in [7, 11) is 1.82. The van der Waals surface area contributed by atoms with E-state index in [2.05, 4.69) is 6.92 Å². The lowest BCUT2D eigenvalue weighted by molar-refractivity contribution is -0.182. The quantitative estimate of drug-likeness (QED) is 0.640. The predicted octanol–water partition coefficient (Wildman–Crippen LogP) is 2.14. The van der Waals surface area contributed by atoms with Gasteiger partial charge in [0.1, 0.15) is 6.10 Å². The Morgan fingerprint density at radius 3 is 2.88 bits per heavy atom. The van der Waals surface area contributed by atoms with Gasteiger partial charge in [0, 0.05) is 13.5 Å². The molecule has 3 bridgehead atoms. The molecule has 4 unspecified atom stereocenters. The summed E-state index contributed by atoms with van der Waals surface area (Å²) in [5, 5.41) is 0. The van der Waals surface area contributed by atoms with E-state index < -0.39 is 0 Å². The maximum atomic E-state index is 11.9. The van der Waals surface area contributed by atoms with Gasteiger partial charge in [0.25, 0.3) is 0 Å². The molecule has 0 amide bonds. The summed E-state index contributed by atoms with van der Waals surface area (Å²) in [4.78, 5) is 11.9. The van der Waals surface area contributed by atoms with Crippen molar-refractivity contribution < 1.29 is 14.3 Å². The summed E-state index contributed by atoms with van der Waals surface area (Å²) in [6, 6.07) is 0. The van der Waals surface area contributed by atoms with E-state index in [0.29, 0.717) is 11.8 Å². The normalized spacial score (nSPS) is 51.0. The molecule has 0 aromatic carbocycles. The summed E-state index contributed by atoms with van der Waals surface area (Å²) in [6.07, 6.45) is 5.22. The van der Waals surface area contributed by atoms with Crippen molar-refractivity contribution in [2.75, 3.05) is 7.11 Å². The van der Waals surface area contributed by atoms with Gasteiger partial charge in [-0.05, 0) is 37.5 Å². The van der Waals surface area contributed by atoms with Gasteiger partial charge in [0.2, 0.25) is 0 Å². The molecule has 16 heavy (non-hydrogen) atoms. The predicted molar refractivity (Wildman–Crippen MR) is 58.8 cm³/mol. The minimum absolute atomic E-state index is 0.0115. The van der Waals surface area contributed by atoms with Crippen molar-refractivity contribution in [1.82, 2.24) is 0 Å². The lowest BCUT2D eigenvalue weighted by Crippen LogP contribution is -2.49. The van der Waals surface area contributed by atoms with E-state index in [1.54, 1.807) is 0 Å². The van der Waals surface area contributed by atoms with Crippen LogP contribution in [0.25, 0.3) is 0 Å². The van der Waals surface area contributed by atoms with E-state index in [0.717, 1.165) is 32.1 Å². The van der Waals surface area contributed by atoms with Crippen LogP contribution in [0.3, 0.4) is 0 Å². The first kappa shape index (κ1) is 10.6. The van der Waals surface area contributed by atoms with Gasteiger partial charge in [-0.2, -0.15) is 0 Å². The van der Waals surface area contributed by atoms with E-state index in [-0.39, 0.29) is 23.6 Å². The first-order valence-electron chi connectivity index (χ1n) is 6.37. The summed E-state index contributed by atoms with van der Waals surface area (Å²) >= 11 is 0. The molecular weight excluding hydrogens is 204 g/mol. The highest BCUT2D eigenvalue weighted by atomic mass is 16.5. The number of carbonyl (C=O) groups is 1. The molecule has 0 N–H and O–H groups in total. The SMILES string of the molecule is CO[C@]12CC(C)CC3C(=O)OC(CC3C1)C2. The summed E-state index contributed by atoms with van der Waals surface area (Å²) in [6.45, 7) is 2.24. The van der Waals surface area contributed by atoms with Crippen LogP contribution in [0.4, 0.5) is 0 Å². The molecule has 0 radical (unpaired) electrons. The van der Waals surface area contributed by atoms with E-state index in [4.69, 9.17) is 9.47 Å². The van der Waals surface area contributed by atoms with Crippen molar-refractivity contribution in [3.63, 3.8) is 0 Å². The number of carbonyl (C=O) groups excluding carboxylic acids is 1. The highest BCUT2D eigenvalue weighted by Gasteiger charge is 2.52. The van der Waals surface area contributed by atoms with Crippen molar-refractivity contribution in [2.45, 2.75) is 50.7 Å². The minimum atomic E-state index is -0.0115. The Morgan fingerprint density at radius 2 is 2.12 bits per heavy atom. The molecular formula is C13H20O3. The molecule has 1 heterocycles. The topological polar surface area (TPSA) is 35.5 Å². The number of hydrogen-bond acceptors (Lipinski definition) is 3. The zero-order chi connectivity index (χ0) is 11.3. The van der Waals surface area contributed by atoms with Crippen LogP contribution in [-0.2, 0) is 14.3 Å². The summed E-state index contributed by atoms with van der Waals surface area (Å²) in [5.74, 6) is 1.27. The fraction of sp³-hybridized carbons (Fsp3) is 0.923. The molecule has 2 saturated carbocycles. The molecule has 90 valence electrons. The zero-order valence-electron chi connectivity index (χ0n) is 10.1. The van der Waals surface area contributed by atoms with Gasteiger partial charge in [-0.1, -0.05) is 6.92 Å². The van der Waals surface area contributed by atoms with Crippen LogP contribution in [-0.4, -0.2) is 24.8 Å². The highest BCUT2D eigenvalue weighted by molar-refractivity contribution is 5.74. The van der Waals surface area contributed by atoms with Gasteiger partial charge < -0.3 is 9.47 Å². The third-order valence-electron chi connectivity index (χ3n) is 4.76. The van der Waals surface area contributed by atoms with Crippen LogP contribution in [0.5, 0.6) is 0 Å². The Labute approximate surface area is 96.5 Å². The second kappa shape index (κ2) is 3.46. The molecule has 0 aromatic rings. The first-order valence-corrected chi connectivity index (χ1v) is 6.37. The molecule has 1 aliphatic heterocycles. The lowest BCUT2D eigenvalue weighted by Gasteiger charge is -2.46. The maximum absolute atomic E-state index is 11.9. The second-order valence-corrected chi connectivity index (χ2v) is 6.00. The first-order chi connectivity index (χ1) is 7.62. The molecule has 0 aromatic heterocycles. The van der Waals surface area contributed by atoms with Gasteiger partial charge in [0.15, 0.2) is 0 Å². The highest BCUT2D eigenvalue weighted by Crippen LogP contribution is 2.51. The number of methoxy groups -OCH3 is 1. The maximum Gasteiger partial charge on any atom is 0.309 e. The van der Waals surface area contributed by atoms with Crippen molar-refractivity contribution >= 4 is 5.97 Å². The monoisotopic (exact) mass is 224 g/mol. The van der Waals surface area contributed by atoms with Crippen molar-refractivity contribution in [1.29, 1.82) is 0 Å². The Balaban J connectivity index is 1.97. The molecule has 3 fully saturated rings. The second-order valence-electron chi connectivity index (χ2n) is 6.00. The number of ether oxygens (including phenoxy) is 2.